The number of rotatable bonds is 2. The van der Waals surface area contributed by atoms with Gasteiger partial charge >= 0.3 is 6.03 Å². The number of nitrogens with zero attached hydrogens (tertiary/aromatic N) is 2. The summed E-state index contributed by atoms with van der Waals surface area (Å²) in [5.41, 5.74) is 3.83. The van der Waals surface area contributed by atoms with Crippen molar-refractivity contribution in [1.82, 2.24) is 14.9 Å². The molecule has 7 nitrogen and oxygen atoms in total. The number of anilines is 1. The molecule has 3 heterocycles. The number of aromatic amines is 1. The zero-order valence-corrected chi connectivity index (χ0v) is 14.7. The lowest BCUT2D eigenvalue weighted by Gasteiger charge is -2.31. The zero-order chi connectivity index (χ0) is 18.1. The van der Waals surface area contributed by atoms with Crippen molar-refractivity contribution in [3.8, 4) is 0 Å². The maximum atomic E-state index is 12.5. The molecule has 0 radical (unpaired) electrons. The Kier molecular flexibility index (Phi) is 4.46. The van der Waals surface area contributed by atoms with E-state index in [0.717, 1.165) is 29.8 Å². The van der Waals surface area contributed by atoms with E-state index in [2.05, 4.69) is 15.3 Å². The summed E-state index contributed by atoms with van der Waals surface area (Å²) in [6.45, 7) is 4.34. The third kappa shape index (κ3) is 3.48. The number of benzene rings is 1. The third-order valence-corrected chi connectivity index (χ3v) is 5.05. The van der Waals surface area contributed by atoms with Crippen molar-refractivity contribution in [3.05, 3.63) is 57.3 Å². The fourth-order valence-corrected chi connectivity index (χ4v) is 3.64. The Labute approximate surface area is 151 Å². The molecule has 0 aliphatic carbocycles. The quantitative estimate of drug-likeness (QED) is 0.867. The summed E-state index contributed by atoms with van der Waals surface area (Å²) >= 11 is 0. The lowest BCUT2D eigenvalue weighted by atomic mass is 9.93. The number of aromatic nitrogens is 2. The maximum absolute atomic E-state index is 12.5. The van der Waals surface area contributed by atoms with E-state index in [4.69, 9.17) is 4.74 Å². The highest BCUT2D eigenvalue weighted by Gasteiger charge is 2.25. The molecule has 1 aromatic carbocycles. The first kappa shape index (κ1) is 16.8. The van der Waals surface area contributed by atoms with Crippen LogP contribution in [-0.2, 0) is 18.0 Å². The standard InChI is InChI=1S/C19H22N4O3/c1-12-20-17(9-18(24)21-12)13-4-6-23(7-5-13)19(25)22-16-3-2-14-10-26-11-15(14)8-16/h2-3,8-9,13H,4-7,10-11H2,1H3,(H,22,25)(H,20,21,24). The molecule has 1 fully saturated rings. The molecule has 0 atom stereocenters. The third-order valence-electron chi connectivity index (χ3n) is 5.05. The number of carbonyl (C=O) groups is 1. The molecule has 136 valence electrons. The van der Waals surface area contributed by atoms with Crippen LogP contribution in [0.5, 0.6) is 0 Å². The summed E-state index contributed by atoms with van der Waals surface area (Å²) in [4.78, 5) is 33.1. The number of H-pyrrole nitrogens is 1. The van der Waals surface area contributed by atoms with E-state index in [1.807, 2.05) is 23.1 Å². The molecule has 1 aromatic heterocycles. The van der Waals surface area contributed by atoms with Gasteiger partial charge in [-0.05, 0) is 43.0 Å². The predicted molar refractivity (Wildman–Crippen MR) is 97.1 cm³/mol. The van der Waals surface area contributed by atoms with E-state index >= 15 is 0 Å². The van der Waals surface area contributed by atoms with Crippen LogP contribution in [0, 0.1) is 6.92 Å². The average Bonchev–Trinajstić information content (AvgIpc) is 3.09. The Morgan fingerprint density at radius 1 is 1.23 bits per heavy atom. The lowest BCUT2D eigenvalue weighted by molar-refractivity contribution is 0.134. The number of carbonyl (C=O) groups excluding carboxylic acids is 1. The van der Waals surface area contributed by atoms with Gasteiger partial charge in [0.05, 0.1) is 18.9 Å². The Bertz CT molecular complexity index is 885. The number of urea groups is 1. The second kappa shape index (κ2) is 6.92. The minimum Gasteiger partial charge on any atom is -0.372 e. The van der Waals surface area contributed by atoms with Gasteiger partial charge in [-0.2, -0.15) is 0 Å². The molecule has 2 aliphatic heterocycles. The molecule has 0 saturated carbocycles. The number of aryl methyl sites for hydroxylation is 1. The Morgan fingerprint density at radius 2 is 2.00 bits per heavy atom. The monoisotopic (exact) mass is 354 g/mol. The number of amides is 2. The van der Waals surface area contributed by atoms with Gasteiger partial charge in [0.15, 0.2) is 0 Å². The van der Waals surface area contributed by atoms with Gasteiger partial charge in [-0.15, -0.1) is 0 Å². The van der Waals surface area contributed by atoms with Crippen molar-refractivity contribution >= 4 is 11.7 Å². The second-order valence-electron chi connectivity index (χ2n) is 6.92. The van der Waals surface area contributed by atoms with Crippen LogP contribution in [-0.4, -0.2) is 34.0 Å². The number of ether oxygens (including phenoxy) is 1. The highest BCUT2D eigenvalue weighted by Crippen LogP contribution is 2.27. The van der Waals surface area contributed by atoms with E-state index in [1.165, 1.54) is 5.56 Å². The normalized spacial score (nSPS) is 17.2. The molecule has 2 N–H and O–H groups in total. The molecule has 0 unspecified atom stereocenters. The van der Waals surface area contributed by atoms with Gasteiger partial charge < -0.3 is 19.9 Å². The first-order chi connectivity index (χ1) is 12.6. The second-order valence-corrected chi connectivity index (χ2v) is 6.92. The van der Waals surface area contributed by atoms with Gasteiger partial charge in [0.1, 0.15) is 5.82 Å². The van der Waals surface area contributed by atoms with E-state index in [0.29, 0.717) is 32.1 Å². The molecule has 2 aromatic rings. The van der Waals surface area contributed by atoms with E-state index in [-0.39, 0.29) is 17.5 Å². The van der Waals surface area contributed by atoms with Gasteiger partial charge in [0, 0.05) is 30.8 Å². The van der Waals surface area contributed by atoms with Crippen LogP contribution in [0.2, 0.25) is 0 Å². The predicted octanol–water partition coefficient (Wildman–Crippen LogP) is 2.52. The summed E-state index contributed by atoms with van der Waals surface area (Å²) in [7, 11) is 0. The highest BCUT2D eigenvalue weighted by molar-refractivity contribution is 5.89. The van der Waals surface area contributed by atoms with Gasteiger partial charge in [0.25, 0.3) is 5.56 Å². The summed E-state index contributed by atoms with van der Waals surface area (Å²) in [5.74, 6) is 0.852. The summed E-state index contributed by atoms with van der Waals surface area (Å²) in [6, 6.07) is 7.39. The number of hydrogen-bond donors (Lipinski definition) is 2. The Balaban J connectivity index is 1.37. The minimum absolute atomic E-state index is 0.0858. The fraction of sp³-hybridized carbons (Fsp3) is 0.421. The van der Waals surface area contributed by atoms with Crippen LogP contribution in [0.4, 0.5) is 10.5 Å². The number of fused-ring (bicyclic) bond motifs is 1. The van der Waals surface area contributed by atoms with Crippen molar-refractivity contribution in [3.63, 3.8) is 0 Å². The minimum atomic E-state index is -0.117. The van der Waals surface area contributed by atoms with Crippen molar-refractivity contribution in [1.29, 1.82) is 0 Å². The summed E-state index contributed by atoms with van der Waals surface area (Å²) in [5, 5.41) is 2.97. The molecule has 26 heavy (non-hydrogen) atoms. The molecule has 7 heteroatoms. The molecule has 2 aliphatic rings. The molecule has 2 amide bonds. The first-order valence-corrected chi connectivity index (χ1v) is 8.92. The van der Waals surface area contributed by atoms with E-state index < -0.39 is 0 Å². The van der Waals surface area contributed by atoms with Crippen molar-refractivity contribution < 1.29 is 9.53 Å². The molecule has 0 spiro atoms. The van der Waals surface area contributed by atoms with Crippen LogP contribution >= 0.6 is 0 Å². The number of likely N-dealkylation sites (tertiary alicyclic amines) is 1. The van der Waals surface area contributed by atoms with Crippen molar-refractivity contribution in [2.45, 2.75) is 38.9 Å². The van der Waals surface area contributed by atoms with Crippen LogP contribution in [0.25, 0.3) is 0 Å². The Morgan fingerprint density at radius 3 is 2.77 bits per heavy atom. The fourth-order valence-electron chi connectivity index (χ4n) is 3.64. The largest absolute Gasteiger partial charge is 0.372 e. The topological polar surface area (TPSA) is 87.3 Å². The van der Waals surface area contributed by atoms with Crippen LogP contribution in [0.3, 0.4) is 0 Å². The highest BCUT2D eigenvalue weighted by atomic mass is 16.5. The van der Waals surface area contributed by atoms with Crippen molar-refractivity contribution in [2.24, 2.45) is 0 Å². The molecular formula is C19H22N4O3. The van der Waals surface area contributed by atoms with Crippen LogP contribution in [0.1, 0.15) is 41.4 Å². The van der Waals surface area contributed by atoms with Crippen LogP contribution < -0.4 is 10.9 Å². The zero-order valence-electron chi connectivity index (χ0n) is 14.7. The van der Waals surface area contributed by atoms with Gasteiger partial charge in [0.2, 0.25) is 0 Å². The summed E-state index contributed by atoms with van der Waals surface area (Å²) < 4.78 is 5.41. The maximum Gasteiger partial charge on any atom is 0.321 e. The van der Waals surface area contributed by atoms with Gasteiger partial charge in [-0.1, -0.05) is 6.07 Å². The van der Waals surface area contributed by atoms with Gasteiger partial charge in [-0.25, -0.2) is 9.78 Å². The molecule has 4 rings (SSSR count). The molecule has 1 saturated heterocycles. The Hall–Kier alpha value is -2.67. The first-order valence-electron chi connectivity index (χ1n) is 8.92. The van der Waals surface area contributed by atoms with E-state index in [1.54, 1.807) is 13.0 Å². The molecular weight excluding hydrogens is 332 g/mol. The number of hydrogen-bond acceptors (Lipinski definition) is 4. The van der Waals surface area contributed by atoms with Crippen LogP contribution in [0.15, 0.2) is 29.1 Å². The van der Waals surface area contributed by atoms with Crippen molar-refractivity contribution in [2.75, 3.05) is 18.4 Å². The number of nitrogens with one attached hydrogen (secondary N) is 2. The number of piperidine rings is 1. The average molecular weight is 354 g/mol. The SMILES string of the molecule is Cc1nc(C2CCN(C(=O)Nc3ccc4c(c3)COC4)CC2)cc(=O)[nH]1. The molecule has 0 bridgehead atoms. The van der Waals surface area contributed by atoms with E-state index in [9.17, 15) is 9.59 Å². The lowest BCUT2D eigenvalue weighted by Crippen LogP contribution is -2.40. The van der Waals surface area contributed by atoms with Gasteiger partial charge in [-0.3, -0.25) is 4.79 Å². The smallest absolute Gasteiger partial charge is 0.321 e. The summed E-state index contributed by atoms with van der Waals surface area (Å²) in [6.07, 6.45) is 1.61.